The van der Waals surface area contributed by atoms with Gasteiger partial charge in [-0.25, -0.2) is 26.3 Å². The number of carbonyl (C=O) groups is 4. The van der Waals surface area contributed by atoms with Crippen molar-refractivity contribution in [3.63, 3.8) is 0 Å². The van der Waals surface area contributed by atoms with Crippen LogP contribution in [0.4, 0.5) is 13.6 Å². The summed E-state index contributed by atoms with van der Waals surface area (Å²) in [6.07, 6.45) is -2.17. The molecule has 1 aliphatic carbocycles. The molecule has 0 radical (unpaired) electrons. The van der Waals surface area contributed by atoms with E-state index >= 15 is 0 Å². The maximum absolute atomic E-state index is 14.4. The Kier molecular flexibility index (Phi) is 13.0. The lowest BCUT2D eigenvalue weighted by Crippen LogP contribution is -2.62. The van der Waals surface area contributed by atoms with Crippen LogP contribution < -0.4 is 16.0 Å². The summed E-state index contributed by atoms with van der Waals surface area (Å²) in [6, 6.07) is 4.46. The van der Waals surface area contributed by atoms with Gasteiger partial charge in [0.15, 0.2) is 0 Å². The number of rotatable bonds is 14. The highest BCUT2D eigenvalue weighted by atomic mass is 32.2. The van der Waals surface area contributed by atoms with Crippen molar-refractivity contribution in [1.29, 1.82) is 0 Å². The van der Waals surface area contributed by atoms with E-state index in [2.05, 4.69) is 16.0 Å². The zero-order valence-corrected chi connectivity index (χ0v) is 32.7. The van der Waals surface area contributed by atoms with Crippen LogP contribution >= 0.6 is 0 Å². The van der Waals surface area contributed by atoms with Gasteiger partial charge in [0.05, 0.1) is 6.26 Å². The van der Waals surface area contributed by atoms with Crippen molar-refractivity contribution in [3.05, 3.63) is 35.9 Å². The molecule has 0 spiro atoms. The van der Waals surface area contributed by atoms with Gasteiger partial charge in [0, 0.05) is 46.2 Å². The molecule has 5 amide bonds. The van der Waals surface area contributed by atoms with Crippen LogP contribution in [0.5, 0.6) is 0 Å². The third-order valence-corrected chi connectivity index (χ3v) is 11.8. The Morgan fingerprint density at radius 3 is 2.06 bits per heavy atom. The summed E-state index contributed by atoms with van der Waals surface area (Å²) < 4.78 is 52.9. The normalized spacial score (nSPS) is 21.8. The highest BCUT2D eigenvalue weighted by Crippen LogP contribution is 2.65. The van der Waals surface area contributed by atoms with Crippen LogP contribution in [0.1, 0.15) is 67.4 Å². The summed E-state index contributed by atoms with van der Waals surface area (Å²) in [5, 5.41) is 8.21. The van der Waals surface area contributed by atoms with E-state index in [1.807, 2.05) is 65.0 Å². The van der Waals surface area contributed by atoms with Crippen LogP contribution in [0.3, 0.4) is 0 Å². The number of nitrogens with zero attached hydrogens (tertiary/aromatic N) is 3. The molecule has 0 aromatic heterocycles. The second kappa shape index (κ2) is 15.7. The van der Waals surface area contributed by atoms with Crippen LogP contribution in [-0.2, 0) is 30.8 Å². The smallest absolute Gasteiger partial charge is 0.315 e. The maximum Gasteiger partial charge on any atom is 0.315 e. The molecule has 1 heterocycles. The van der Waals surface area contributed by atoms with E-state index in [9.17, 15) is 36.4 Å². The molecule has 0 bridgehead atoms. The van der Waals surface area contributed by atoms with Gasteiger partial charge in [-0.05, 0) is 40.1 Å². The van der Waals surface area contributed by atoms with Crippen molar-refractivity contribution < 1.29 is 36.4 Å². The number of urea groups is 1. The lowest BCUT2D eigenvalue weighted by atomic mass is 9.85. The molecule has 1 aromatic carbocycles. The van der Waals surface area contributed by atoms with E-state index in [4.69, 9.17) is 0 Å². The van der Waals surface area contributed by atoms with E-state index < -0.39 is 81.6 Å². The highest BCUT2D eigenvalue weighted by Gasteiger charge is 2.70. The minimum Gasteiger partial charge on any atom is -0.344 e. The van der Waals surface area contributed by atoms with E-state index in [1.165, 1.54) is 23.9 Å². The summed E-state index contributed by atoms with van der Waals surface area (Å²) in [4.78, 5) is 58.1. The largest absolute Gasteiger partial charge is 0.344 e. The topological polar surface area (TPSA) is 148 Å². The van der Waals surface area contributed by atoms with Crippen molar-refractivity contribution in [3.8, 4) is 0 Å². The Balaban J connectivity index is 1.82. The molecule has 6 atom stereocenters. The molecule has 51 heavy (non-hydrogen) atoms. The fourth-order valence-electron chi connectivity index (χ4n) is 6.86. The fraction of sp³-hybridized carbons (Fsp3) is 0.722. The number of sulfonamides is 1. The van der Waals surface area contributed by atoms with Gasteiger partial charge in [-0.3, -0.25) is 14.4 Å². The van der Waals surface area contributed by atoms with Crippen molar-refractivity contribution in [2.75, 3.05) is 40.0 Å². The average Bonchev–Trinajstić information content (AvgIpc) is 3.31. The molecular weight excluding hydrogens is 682 g/mol. The van der Waals surface area contributed by atoms with Gasteiger partial charge in [-0.2, -0.15) is 0 Å². The summed E-state index contributed by atoms with van der Waals surface area (Å²) >= 11 is 0. The number of likely N-dealkylation sites (tertiary alicyclic amines) is 1. The van der Waals surface area contributed by atoms with Crippen LogP contribution in [0.15, 0.2) is 30.3 Å². The minimum absolute atomic E-state index is 0.00333. The Labute approximate surface area is 302 Å². The molecule has 12 nitrogen and oxygen atoms in total. The van der Waals surface area contributed by atoms with E-state index in [1.54, 1.807) is 20.8 Å². The molecule has 1 aliphatic heterocycles. The van der Waals surface area contributed by atoms with Crippen molar-refractivity contribution in [2.45, 2.75) is 98.8 Å². The molecule has 3 N–H and O–H groups in total. The third-order valence-electron chi connectivity index (χ3n) is 10.5. The van der Waals surface area contributed by atoms with Crippen LogP contribution in [0.25, 0.3) is 0 Å². The number of piperidine rings is 1. The molecule has 288 valence electrons. The van der Waals surface area contributed by atoms with E-state index in [-0.39, 0.29) is 36.9 Å². The monoisotopic (exact) mass is 740 g/mol. The Morgan fingerprint density at radius 1 is 0.961 bits per heavy atom. The van der Waals surface area contributed by atoms with Gasteiger partial charge in [0.25, 0.3) is 0 Å². The lowest BCUT2D eigenvalue weighted by molar-refractivity contribution is -0.145. The summed E-state index contributed by atoms with van der Waals surface area (Å²) in [5.74, 6) is -2.17. The van der Waals surface area contributed by atoms with E-state index in [0.29, 0.717) is 6.42 Å². The van der Waals surface area contributed by atoms with Gasteiger partial charge in [-0.1, -0.05) is 85.7 Å². The minimum atomic E-state index is -3.53. The van der Waals surface area contributed by atoms with Gasteiger partial charge in [0.1, 0.15) is 18.1 Å². The zero-order chi connectivity index (χ0) is 38.9. The standard InChI is InChI=1S/C36H58F2N6O6S/c1-34(2,3)25(21-43(10)51(11,49)50)40-33(48)41-29(35(4,5)6)32(47)44-20-23-27(36(23,7)8)28(44)30(45)39-24(19-26(37)38)31(46)42(9)18-17-22-15-13-12-14-16-22/h12-16,23-29H,17-21H2,1-11H3,(H,39,45)(H2,40,41,48)/t23-,24-,25+,27-,28-,29+/m0/s1. The maximum atomic E-state index is 14.4. The molecule has 2 fully saturated rings. The lowest BCUT2D eigenvalue weighted by Gasteiger charge is -2.39. The number of nitrogens with one attached hydrogen (secondary N) is 3. The zero-order valence-electron chi connectivity index (χ0n) is 31.9. The summed E-state index contributed by atoms with van der Waals surface area (Å²) in [7, 11) is -0.604. The Bertz CT molecular complexity index is 1530. The molecule has 3 rings (SSSR count). The van der Waals surface area contributed by atoms with Crippen LogP contribution in [0, 0.1) is 28.1 Å². The number of fused-ring (bicyclic) bond motifs is 1. The highest BCUT2D eigenvalue weighted by molar-refractivity contribution is 7.88. The number of likely N-dealkylation sites (N-methyl/N-ethyl adjacent to an activating group) is 2. The number of alkyl halides is 2. The van der Waals surface area contributed by atoms with Crippen molar-refractivity contribution in [1.82, 2.24) is 30.1 Å². The second-order valence-corrected chi connectivity index (χ2v) is 19.0. The number of hydrogen-bond acceptors (Lipinski definition) is 6. The Hall–Kier alpha value is -3.33. The van der Waals surface area contributed by atoms with Gasteiger partial charge in [-0.15, -0.1) is 0 Å². The van der Waals surface area contributed by atoms with Crippen molar-refractivity contribution >= 4 is 33.8 Å². The first kappa shape index (κ1) is 42.1. The number of hydrogen-bond donors (Lipinski definition) is 3. The number of benzene rings is 1. The molecule has 1 aromatic rings. The molecule has 15 heteroatoms. The first-order chi connectivity index (χ1) is 23.3. The van der Waals surface area contributed by atoms with E-state index in [0.717, 1.165) is 16.1 Å². The molecule has 0 unspecified atom stereocenters. The second-order valence-electron chi connectivity index (χ2n) is 17.0. The fourth-order valence-corrected chi connectivity index (χ4v) is 7.28. The van der Waals surface area contributed by atoms with Crippen LogP contribution in [0.2, 0.25) is 0 Å². The summed E-state index contributed by atoms with van der Waals surface area (Å²) in [6.45, 7) is 15.3. The van der Waals surface area contributed by atoms with Crippen LogP contribution in [-0.4, -0.2) is 117 Å². The Morgan fingerprint density at radius 2 is 1.55 bits per heavy atom. The number of amides is 5. The average molecular weight is 741 g/mol. The van der Waals surface area contributed by atoms with Crippen molar-refractivity contribution in [2.24, 2.45) is 28.1 Å². The summed E-state index contributed by atoms with van der Waals surface area (Å²) in [5.41, 5.74) is -0.709. The van der Waals surface area contributed by atoms with Gasteiger partial charge in [0.2, 0.25) is 34.2 Å². The first-order valence-electron chi connectivity index (χ1n) is 17.4. The van der Waals surface area contributed by atoms with Gasteiger partial charge < -0.3 is 25.8 Å². The number of carbonyl (C=O) groups excluding carboxylic acids is 4. The quantitative estimate of drug-likeness (QED) is 0.267. The molecule has 1 saturated carbocycles. The first-order valence-corrected chi connectivity index (χ1v) is 19.3. The number of halogens is 2. The molecule has 2 aliphatic rings. The van der Waals surface area contributed by atoms with Gasteiger partial charge >= 0.3 is 6.03 Å². The molecule has 1 saturated heterocycles. The predicted octanol–water partition coefficient (Wildman–Crippen LogP) is 3.33. The predicted molar refractivity (Wildman–Crippen MR) is 192 cm³/mol. The third kappa shape index (κ3) is 10.6. The molecular formula is C36H58F2N6O6S. The SMILES string of the molecule is CN(CCc1ccccc1)C(=O)[C@H](CC(F)F)NC(=O)[C@@H]1[C@@H]2[C@H](CN1C(=O)[C@@H](NC(=O)N[C@H](CN(C)S(C)(=O)=O)C(C)(C)C)C(C)(C)C)C2(C)C.